The third-order valence-electron chi connectivity index (χ3n) is 1.06. The van der Waals surface area contributed by atoms with Crippen molar-refractivity contribution >= 4 is 5.97 Å². The Morgan fingerprint density at radius 2 is 2.00 bits per heavy atom. The molecule has 0 radical (unpaired) electrons. The molecule has 0 unspecified atom stereocenters. The van der Waals surface area contributed by atoms with Crippen molar-refractivity contribution in [1.29, 1.82) is 0 Å². The Morgan fingerprint density at radius 1 is 1.45 bits per heavy atom. The van der Waals surface area contributed by atoms with Crippen LogP contribution in [-0.2, 0) is 4.79 Å². The normalized spacial score (nSPS) is 13.3. The van der Waals surface area contributed by atoms with Gasteiger partial charge in [0.25, 0.3) is 0 Å². The zero-order valence-corrected chi connectivity index (χ0v) is 6.79. The molecule has 0 heterocycles. The topological polar surface area (TPSA) is 63.3 Å². The smallest absolute Gasteiger partial charge is 0.307 e. The Bertz CT molecular complexity index is 200. The maximum atomic E-state index is 10.2. The highest BCUT2D eigenvalue weighted by Gasteiger charge is 1.95. The number of aliphatic carboxylic acids is 1. The van der Waals surface area contributed by atoms with Crippen molar-refractivity contribution in [1.82, 2.24) is 0 Å². The number of hydrogen-bond donors (Lipinski definition) is 2. The van der Waals surface area contributed by atoms with Gasteiger partial charge in [0.2, 0.25) is 0 Å². The van der Waals surface area contributed by atoms with Crippen molar-refractivity contribution in [2.24, 2.45) is 5.73 Å². The monoisotopic (exact) mass is 155 g/mol. The molecule has 0 aromatic carbocycles. The van der Waals surface area contributed by atoms with Gasteiger partial charge < -0.3 is 10.8 Å². The molecular formula is C8H13NO2. The van der Waals surface area contributed by atoms with E-state index in [-0.39, 0.29) is 6.42 Å². The van der Waals surface area contributed by atoms with E-state index in [0.29, 0.717) is 5.70 Å². The molecule has 11 heavy (non-hydrogen) atoms. The van der Waals surface area contributed by atoms with E-state index in [1.165, 1.54) is 0 Å². The fourth-order valence-electron chi connectivity index (χ4n) is 0.571. The van der Waals surface area contributed by atoms with E-state index in [9.17, 15) is 4.79 Å². The van der Waals surface area contributed by atoms with Crippen molar-refractivity contribution in [3.8, 4) is 0 Å². The molecule has 0 bridgehead atoms. The van der Waals surface area contributed by atoms with Gasteiger partial charge in [-0.2, -0.15) is 0 Å². The van der Waals surface area contributed by atoms with E-state index in [0.717, 1.165) is 5.57 Å². The lowest BCUT2D eigenvalue weighted by Gasteiger charge is -1.92. The van der Waals surface area contributed by atoms with Gasteiger partial charge in [-0.1, -0.05) is 11.6 Å². The Hall–Kier alpha value is -1.25. The first-order chi connectivity index (χ1) is 5.02. The van der Waals surface area contributed by atoms with Gasteiger partial charge in [0, 0.05) is 5.70 Å². The molecule has 0 aliphatic carbocycles. The molecule has 3 heteroatoms. The van der Waals surface area contributed by atoms with E-state index in [2.05, 4.69) is 0 Å². The van der Waals surface area contributed by atoms with Crippen LogP contribution in [-0.4, -0.2) is 11.1 Å². The molecule has 3 nitrogen and oxygen atoms in total. The van der Waals surface area contributed by atoms with Gasteiger partial charge in [0.15, 0.2) is 0 Å². The fraction of sp³-hybridized carbons (Fsp3) is 0.375. The predicted molar refractivity (Wildman–Crippen MR) is 44.0 cm³/mol. The molecule has 0 saturated carbocycles. The predicted octanol–water partition coefficient (Wildman–Crippen LogP) is 1.27. The van der Waals surface area contributed by atoms with Gasteiger partial charge in [-0.15, -0.1) is 0 Å². The van der Waals surface area contributed by atoms with Crippen molar-refractivity contribution in [2.75, 3.05) is 0 Å². The maximum absolute atomic E-state index is 10.2. The average molecular weight is 155 g/mol. The molecule has 0 aliphatic heterocycles. The van der Waals surface area contributed by atoms with Crippen LogP contribution in [0.4, 0.5) is 0 Å². The van der Waals surface area contributed by atoms with Crippen molar-refractivity contribution in [3.05, 3.63) is 23.4 Å². The Morgan fingerprint density at radius 3 is 2.36 bits per heavy atom. The summed E-state index contributed by atoms with van der Waals surface area (Å²) in [7, 11) is 0. The summed E-state index contributed by atoms with van der Waals surface area (Å²) in [6.07, 6.45) is 3.48. The summed E-state index contributed by atoms with van der Waals surface area (Å²) in [5.74, 6) is -0.818. The van der Waals surface area contributed by atoms with E-state index in [1.54, 1.807) is 26.0 Å². The Labute approximate surface area is 66.2 Å². The standard InChI is InChI=1S/C8H13NO2/c1-6(5-8(10)11)3-4-7(2)9/h3-4H,5,9H2,1-2H3,(H,10,11)/b6-3+,7-4-. The number of hydrogen-bond acceptors (Lipinski definition) is 2. The van der Waals surface area contributed by atoms with Gasteiger partial charge in [0.1, 0.15) is 0 Å². The summed E-state index contributed by atoms with van der Waals surface area (Å²) >= 11 is 0. The van der Waals surface area contributed by atoms with E-state index < -0.39 is 5.97 Å². The molecule has 0 rings (SSSR count). The number of carbonyl (C=O) groups is 1. The van der Waals surface area contributed by atoms with Crippen LogP contribution in [0.15, 0.2) is 23.4 Å². The summed E-state index contributed by atoms with van der Waals surface area (Å²) in [5, 5.41) is 8.36. The summed E-state index contributed by atoms with van der Waals surface area (Å²) < 4.78 is 0. The van der Waals surface area contributed by atoms with Crippen LogP contribution in [0.2, 0.25) is 0 Å². The summed E-state index contributed by atoms with van der Waals surface area (Å²) in [6.45, 7) is 3.51. The lowest BCUT2D eigenvalue weighted by atomic mass is 10.2. The quantitative estimate of drug-likeness (QED) is 0.603. The van der Waals surface area contributed by atoms with Gasteiger partial charge >= 0.3 is 5.97 Å². The second kappa shape index (κ2) is 4.55. The number of allylic oxidation sites excluding steroid dienone is 3. The molecule has 0 aromatic heterocycles. The molecule has 62 valence electrons. The molecular weight excluding hydrogens is 142 g/mol. The average Bonchev–Trinajstić information content (AvgIpc) is 1.82. The van der Waals surface area contributed by atoms with Crippen LogP contribution in [0.3, 0.4) is 0 Å². The van der Waals surface area contributed by atoms with Gasteiger partial charge in [-0.25, -0.2) is 0 Å². The minimum absolute atomic E-state index is 0.0732. The minimum Gasteiger partial charge on any atom is -0.481 e. The number of rotatable bonds is 3. The van der Waals surface area contributed by atoms with Crippen molar-refractivity contribution < 1.29 is 9.90 Å². The molecule has 3 N–H and O–H groups in total. The number of carboxylic acids is 1. The van der Waals surface area contributed by atoms with Gasteiger partial charge in [0.05, 0.1) is 6.42 Å². The summed E-state index contributed by atoms with van der Waals surface area (Å²) in [6, 6.07) is 0. The highest BCUT2D eigenvalue weighted by atomic mass is 16.4. The highest BCUT2D eigenvalue weighted by molar-refractivity contribution is 5.69. The van der Waals surface area contributed by atoms with Crippen molar-refractivity contribution in [3.63, 3.8) is 0 Å². The van der Waals surface area contributed by atoms with Crippen LogP contribution in [0, 0.1) is 0 Å². The van der Waals surface area contributed by atoms with Crippen LogP contribution >= 0.6 is 0 Å². The third-order valence-corrected chi connectivity index (χ3v) is 1.06. The van der Waals surface area contributed by atoms with Crippen LogP contribution in [0.1, 0.15) is 20.3 Å². The summed E-state index contributed by atoms with van der Waals surface area (Å²) in [4.78, 5) is 10.2. The Balaban J connectivity index is 4.02. The molecule has 0 atom stereocenters. The molecule has 0 aliphatic rings. The molecule has 0 saturated heterocycles. The maximum Gasteiger partial charge on any atom is 0.307 e. The largest absolute Gasteiger partial charge is 0.481 e. The molecule has 0 aromatic rings. The lowest BCUT2D eigenvalue weighted by molar-refractivity contribution is -0.136. The van der Waals surface area contributed by atoms with E-state index in [1.807, 2.05) is 0 Å². The molecule has 0 fully saturated rings. The number of nitrogens with two attached hydrogens (primary N) is 1. The van der Waals surface area contributed by atoms with Gasteiger partial charge in [-0.3, -0.25) is 4.79 Å². The fourth-order valence-corrected chi connectivity index (χ4v) is 0.571. The first-order valence-electron chi connectivity index (χ1n) is 3.33. The molecule has 0 amide bonds. The van der Waals surface area contributed by atoms with Crippen LogP contribution < -0.4 is 5.73 Å². The zero-order chi connectivity index (χ0) is 8.85. The van der Waals surface area contributed by atoms with Crippen molar-refractivity contribution in [2.45, 2.75) is 20.3 Å². The number of carboxylic acid groups (broad SMARTS) is 1. The van der Waals surface area contributed by atoms with Crippen LogP contribution in [0.25, 0.3) is 0 Å². The van der Waals surface area contributed by atoms with Gasteiger partial charge in [-0.05, 0) is 19.9 Å². The summed E-state index contributed by atoms with van der Waals surface area (Å²) in [5.41, 5.74) is 6.81. The lowest BCUT2D eigenvalue weighted by Crippen LogP contribution is -1.95. The first kappa shape index (κ1) is 9.75. The Kier molecular flexibility index (Phi) is 4.03. The second-order valence-electron chi connectivity index (χ2n) is 2.49. The zero-order valence-electron chi connectivity index (χ0n) is 6.79. The second-order valence-corrected chi connectivity index (χ2v) is 2.49. The van der Waals surface area contributed by atoms with E-state index in [4.69, 9.17) is 10.8 Å². The minimum atomic E-state index is -0.818. The van der Waals surface area contributed by atoms with Crippen LogP contribution in [0.5, 0.6) is 0 Å². The highest BCUT2D eigenvalue weighted by Crippen LogP contribution is 1.99. The third kappa shape index (κ3) is 6.64. The van der Waals surface area contributed by atoms with E-state index >= 15 is 0 Å². The molecule has 0 spiro atoms. The first-order valence-corrected chi connectivity index (χ1v) is 3.33. The SMILES string of the molecule is C/C(N)=C/C=C(\C)CC(=O)O.